The minimum atomic E-state index is 0.763. The van der Waals surface area contributed by atoms with Gasteiger partial charge in [0.05, 0.1) is 0 Å². The second-order valence-corrected chi connectivity index (χ2v) is 6.42. The lowest BCUT2D eigenvalue weighted by Gasteiger charge is -2.16. The summed E-state index contributed by atoms with van der Waals surface area (Å²) in [4.78, 5) is 6.50. The maximum Gasteiger partial charge on any atom is 0.0270 e. The van der Waals surface area contributed by atoms with Crippen LogP contribution in [-0.2, 0) is 6.42 Å². The number of aromatic nitrogens is 1. The van der Waals surface area contributed by atoms with Crippen LogP contribution in [0.1, 0.15) is 45.1 Å². The normalized spacial score (nSPS) is 11.5. The van der Waals surface area contributed by atoms with E-state index in [2.05, 4.69) is 48.2 Å². The summed E-state index contributed by atoms with van der Waals surface area (Å²) in [6, 6.07) is 4.22. The number of hydrogen-bond donors (Lipinski definition) is 1. The third-order valence-corrected chi connectivity index (χ3v) is 3.73. The van der Waals surface area contributed by atoms with Crippen LogP contribution in [0.15, 0.2) is 24.5 Å². The summed E-state index contributed by atoms with van der Waals surface area (Å²) in [6.07, 6.45) is 10.2. The molecule has 0 fully saturated rings. The Kier molecular flexibility index (Phi) is 10.1. The number of hydrogen-bond acceptors (Lipinski definition) is 3. The van der Waals surface area contributed by atoms with Crippen molar-refractivity contribution >= 4 is 0 Å². The highest BCUT2D eigenvalue weighted by atomic mass is 15.1. The Labute approximate surface area is 131 Å². The van der Waals surface area contributed by atoms with Crippen LogP contribution in [0.2, 0.25) is 0 Å². The van der Waals surface area contributed by atoms with Crippen molar-refractivity contribution in [2.75, 3.05) is 33.2 Å². The van der Waals surface area contributed by atoms with Crippen molar-refractivity contribution in [1.82, 2.24) is 15.2 Å². The van der Waals surface area contributed by atoms with Crippen molar-refractivity contribution < 1.29 is 0 Å². The van der Waals surface area contributed by atoms with Crippen LogP contribution >= 0.6 is 0 Å². The molecule has 0 aromatic carbocycles. The van der Waals surface area contributed by atoms with E-state index in [-0.39, 0.29) is 0 Å². The quantitative estimate of drug-likeness (QED) is 0.599. The first-order valence-corrected chi connectivity index (χ1v) is 8.46. The lowest BCUT2D eigenvalue weighted by atomic mass is 10.1. The van der Waals surface area contributed by atoms with Crippen molar-refractivity contribution in [1.29, 1.82) is 0 Å². The molecule has 0 saturated carbocycles. The predicted octanol–water partition coefficient (Wildman–Crippen LogP) is 3.36. The molecule has 120 valence electrons. The highest BCUT2D eigenvalue weighted by Gasteiger charge is 1.99. The second-order valence-electron chi connectivity index (χ2n) is 6.42. The van der Waals surface area contributed by atoms with Gasteiger partial charge < -0.3 is 10.2 Å². The van der Waals surface area contributed by atoms with Gasteiger partial charge in [0.2, 0.25) is 0 Å². The fraction of sp³-hybridized carbons (Fsp3) is 0.722. The first-order valence-electron chi connectivity index (χ1n) is 8.46. The summed E-state index contributed by atoms with van der Waals surface area (Å²) in [5.74, 6) is 0.763. The molecule has 0 amide bonds. The third-order valence-electron chi connectivity index (χ3n) is 3.73. The molecule has 3 heteroatoms. The molecule has 1 heterocycles. The minimum Gasteiger partial charge on any atom is -0.316 e. The monoisotopic (exact) mass is 291 g/mol. The van der Waals surface area contributed by atoms with Gasteiger partial charge >= 0.3 is 0 Å². The lowest BCUT2D eigenvalue weighted by Crippen LogP contribution is -2.22. The molecule has 1 aromatic heterocycles. The van der Waals surface area contributed by atoms with Crippen LogP contribution in [0, 0.1) is 5.92 Å². The Bertz CT molecular complexity index is 338. The number of rotatable bonds is 12. The van der Waals surface area contributed by atoms with Crippen LogP contribution in [0.3, 0.4) is 0 Å². The smallest absolute Gasteiger partial charge is 0.0270 e. The van der Waals surface area contributed by atoms with Crippen molar-refractivity contribution in [3.8, 4) is 0 Å². The number of nitrogens with zero attached hydrogens (tertiary/aromatic N) is 2. The van der Waals surface area contributed by atoms with Gasteiger partial charge in [-0.05, 0) is 69.6 Å². The molecular weight excluding hydrogens is 258 g/mol. The third kappa shape index (κ3) is 10.4. The summed E-state index contributed by atoms with van der Waals surface area (Å²) in [5, 5.41) is 3.51. The van der Waals surface area contributed by atoms with Gasteiger partial charge in [0.15, 0.2) is 0 Å². The minimum absolute atomic E-state index is 0.763. The van der Waals surface area contributed by atoms with Crippen molar-refractivity contribution in [2.45, 2.75) is 46.0 Å². The van der Waals surface area contributed by atoms with Gasteiger partial charge in [-0.25, -0.2) is 0 Å². The molecule has 1 N–H and O–H groups in total. The largest absolute Gasteiger partial charge is 0.316 e. The molecule has 1 rings (SSSR count). The molecule has 0 bridgehead atoms. The zero-order chi connectivity index (χ0) is 15.3. The summed E-state index contributed by atoms with van der Waals surface area (Å²) in [5.41, 5.74) is 1.38. The van der Waals surface area contributed by atoms with Gasteiger partial charge in [-0.15, -0.1) is 0 Å². The van der Waals surface area contributed by atoms with Crippen molar-refractivity contribution in [3.05, 3.63) is 30.1 Å². The van der Waals surface area contributed by atoms with Crippen molar-refractivity contribution in [3.63, 3.8) is 0 Å². The van der Waals surface area contributed by atoms with Crippen LogP contribution in [0.5, 0.6) is 0 Å². The average molecular weight is 291 g/mol. The molecule has 3 nitrogen and oxygen atoms in total. The molecule has 0 saturated heterocycles. The fourth-order valence-electron chi connectivity index (χ4n) is 2.36. The molecule has 1 aromatic rings. The Morgan fingerprint density at radius 2 is 1.76 bits per heavy atom. The van der Waals surface area contributed by atoms with Gasteiger partial charge in [0.25, 0.3) is 0 Å². The highest BCUT2D eigenvalue weighted by Crippen LogP contribution is 2.03. The van der Waals surface area contributed by atoms with E-state index in [4.69, 9.17) is 0 Å². The average Bonchev–Trinajstić information content (AvgIpc) is 2.48. The van der Waals surface area contributed by atoms with Gasteiger partial charge in [0, 0.05) is 18.9 Å². The molecule has 0 aliphatic carbocycles. The Hall–Kier alpha value is -0.930. The van der Waals surface area contributed by atoms with Gasteiger partial charge in [-0.3, -0.25) is 4.98 Å². The number of pyridine rings is 1. The van der Waals surface area contributed by atoms with Crippen LogP contribution in [0.4, 0.5) is 0 Å². The van der Waals surface area contributed by atoms with Crippen LogP contribution in [0.25, 0.3) is 0 Å². The van der Waals surface area contributed by atoms with E-state index in [9.17, 15) is 0 Å². The van der Waals surface area contributed by atoms with Crippen molar-refractivity contribution in [2.24, 2.45) is 5.92 Å². The molecule has 0 unspecified atom stereocenters. The summed E-state index contributed by atoms with van der Waals surface area (Å²) >= 11 is 0. The van der Waals surface area contributed by atoms with Gasteiger partial charge in [-0.1, -0.05) is 26.7 Å². The predicted molar refractivity (Wildman–Crippen MR) is 91.6 cm³/mol. The number of nitrogens with one attached hydrogen (secondary N) is 1. The second kappa shape index (κ2) is 11.7. The van der Waals surface area contributed by atoms with E-state index in [1.165, 1.54) is 44.3 Å². The van der Waals surface area contributed by atoms with Crippen LogP contribution < -0.4 is 5.32 Å². The Morgan fingerprint density at radius 1 is 1.05 bits per heavy atom. The molecule has 0 aliphatic rings. The maximum absolute atomic E-state index is 4.05. The first-order chi connectivity index (χ1) is 10.2. The van der Waals surface area contributed by atoms with Gasteiger partial charge in [0.1, 0.15) is 0 Å². The number of unbranched alkanes of at least 4 members (excludes halogenated alkanes) is 3. The van der Waals surface area contributed by atoms with E-state index in [0.717, 1.165) is 25.4 Å². The van der Waals surface area contributed by atoms with E-state index < -0.39 is 0 Å². The Morgan fingerprint density at radius 3 is 2.48 bits per heavy atom. The van der Waals surface area contributed by atoms with E-state index in [0.29, 0.717) is 0 Å². The molecule has 0 radical (unpaired) electrons. The highest BCUT2D eigenvalue weighted by molar-refractivity contribution is 5.09. The Balaban J connectivity index is 1.90. The molecule has 0 spiro atoms. The van der Waals surface area contributed by atoms with E-state index in [1.54, 1.807) is 0 Å². The van der Waals surface area contributed by atoms with E-state index in [1.807, 2.05) is 12.4 Å². The molecular formula is C18H33N3. The molecule has 0 aliphatic heterocycles. The number of likely N-dealkylation sites (N-methyl/N-ethyl adjacent to an activating group) is 1. The zero-order valence-electron chi connectivity index (χ0n) is 14.1. The maximum atomic E-state index is 4.05. The van der Waals surface area contributed by atoms with E-state index >= 15 is 0 Å². The lowest BCUT2D eigenvalue weighted by molar-refractivity contribution is 0.327. The fourth-order valence-corrected chi connectivity index (χ4v) is 2.36. The first kappa shape index (κ1) is 18.1. The van der Waals surface area contributed by atoms with Gasteiger partial charge in [-0.2, -0.15) is 0 Å². The molecule has 0 atom stereocenters. The molecule has 21 heavy (non-hydrogen) atoms. The summed E-state index contributed by atoms with van der Waals surface area (Å²) in [7, 11) is 2.23. The zero-order valence-corrected chi connectivity index (χ0v) is 14.1. The SMILES string of the molecule is CC(C)CNCCCCCCN(C)CCc1ccncc1. The van der Waals surface area contributed by atoms with Crippen LogP contribution in [-0.4, -0.2) is 43.1 Å². The summed E-state index contributed by atoms with van der Waals surface area (Å²) in [6.45, 7) is 9.20. The summed E-state index contributed by atoms with van der Waals surface area (Å²) < 4.78 is 0. The standard InChI is InChI=1S/C18H33N3/c1-17(2)16-20-11-6-4-5-7-14-21(3)15-10-18-8-12-19-13-9-18/h8-9,12-13,17,20H,4-7,10-11,14-16H2,1-3H3. The topological polar surface area (TPSA) is 28.2 Å².